The molecule has 0 spiro atoms. The van der Waals surface area contributed by atoms with E-state index >= 15 is 0 Å². The average Bonchev–Trinajstić information content (AvgIpc) is 3.16. The van der Waals surface area contributed by atoms with Gasteiger partial charge in [0.2, 0.25) is 5.91 Å². The molecule has 1 amide bonds. The van der Waals surface area contributed by atoms with E-state index in [1.165, 1.54) is 57.8 Å². The Kier molecular flexibility index (Phi) is 38.6. The van der Waals surface area contributed by atoms with Gasteiger partial charge in [-0.25, -0.2) is 4.79 Å². The quantitative estimate of drug-likeness (QED) is 0.0328. The number of amides is 1. The molecule has 0 aromatic rings. The summed E-state index contributed by atoms with van der Waals surface area (Å²) in [5, 5.41) is 11.9. The van der Waals surface area contributed by atoms with Crippen LogP contribution < -0.4 is 11.1 Å². The molecule has 0 saturated carbocycles. The second-order valence-electron chi connectivity index (χ2n) is 14.4. The summed E-state index contributed by atoms with van der Waals surface area (Å²) in [6.07, 6.45) is 52.6. The summed E-state index contributed by atoms with van der Waals surface area (Å²) < 4.78 is 5.89. The number of rotatable bonds is 38. The van der Waals surface area contributed by atoms with Crippen LogP contribution in [0.3, 0.4) is 0 Å². The SMILES string of the molecule is CC/C=C\C/C=C\C/C=C\C(CCCCCCC(=O)NC(CCCN)C(=O)O)OC(=O)CCCCCCCC/C=C\C/C=C\C/C=C\CCCCCCC. The van der Waals surface area contributed by atoms with Crippen LogP contribution >= 0.6 is 0 Å². The van der Waals surface area contributed by atoms with Crippen LogP contribution in [0.15, 0.2) is 72.9 Å². The smallest absolute Gasteiger partial charge is 0.326 e. The summed E-state index contributed by atoms with van der Waals surface area (Å²) in [6.45, 7) is 4.78. The topological polar surface area (TPSA) is 119 Å². The van der Waals surface area contributed by atoms with Gasteiger partial charge in [-0.15, -0.1) is 0 Å². The summed E-state index contributed by atoms with van der Waals surface area (Å²) in [4.78, 5) is 36.3. The van der Waals surface area contributed by atoms with Gasteiger partial charge in [-0.1, -0.05) is 145 Å². The first-order valence-corrected chi connectivity index (χ1v) is 21.8. The Morgan fingerprint density at radius 1 is 0.574 bits per heavy atom. The fourth-order valence-corrected chi connectivity index (χ4v) is 5.98. The van der Waals surface area contributed by atoms with Crippen molar-refractivity contribution in [3.63, 3.8) is 0 Å². The Morgan fingerprint density at radius 2 is 1.07 bits per heavy atom. The number of esters is 1. The van der Waals surface area contributed by atoms with Crippen molar-refractivity contribution in [2.45, 2.75) is 199 Å². The number of carboxylic acids is 1. The van der Waals surface area contributed by atoms with Crippen molar-refractivity contribution in [3.05, 3.63) is 72.9 Å². The molecule has 0 aliphatic heterocycles. The molecule has 0 radical (unpaired) electrons. The van der Waals surface area contributed by atoms with Crippen LogP contribution in [0.4, 0.5) is 0 Å². The molecule has 7 nitrogen and oxygen atoms in total. The highest BCUT2D eigenvalue weighted by Crippen LogP contribution is 2.15. The lowest BCUT2D eigenvalue weighted by Crippen LogP contribution is -2.40. The van der Waals surface area contributed by atoms with Gasteiger partial charge in [0.25, 0.3) is 0 Å². The number of nitrogens with one attached hydrogen (secondary N) is 1. The van der Waals surface area contributed by atoms with Crippen molar-refractivity contribution in [3.8, 4) is 0 Å². The van der Waals surface area contributed by atoms with Crippen LogP contribution in [0.1, 0.15) is 187 Å². The monoisotopic (exact) mass is 753 g/mol. The van der Waals surface area contributed by atoms with Gasteiger partial charge in [0.15, 0.2) is 0 Å². The van der Waals surface area contributed by atoms with E-state index in [-0.39, 0.29) is 18.0 Å². The molecule has 7 heteroatoms. The van der Waals surface area contributed by atoms with Crippen molar-refractivity contribution >= 4 is 17.8 Å². The van der Waals surface area contributed by atoms with Crippen LogP contribution in [0.25, 0.3) is 0 Å². The number of carbonyl (C=O) groups excluding carboxylic acids is 2. The lowest BCUT2D eigenvalue weighted by Gasteiger charge is -2.15. The molecule has 2 unspecified atom stereocenters. The number of hydrogen-bond donors (Lipinski definition) is 3. The minimum absolute atomic E-state index is 0.128. The predicted octanol–water partition coefficient (Wildman–Crippen LogP) is 12.3. The summed E-state index contributed by atoms with van der Waals surface area (Å²) >= 11 is 0. The maximum atomic E-state index is 12.7. The molecule has 0 saturated heterocycles. The lowest BCUT2D eigenvalue weighted by molar-refractivity contribution is -0.147. The minimum Gasteiger partial charge on any atom is -0.480 e. The molecule has 0 aliphatic carbocycles. The normalized spacial score (nSPS) is 13.4. The van der Waals surface area contributed by atoms with Crippen molar-refractivity contribution < 1.29 is 24.2 Å². The summed E-state index contributed by atoms with van der Waals surface area (Å²) in [5.41, 5.74) is 5.48. The zero-order valence-electron chi connectivity index (χ0n) is 34.5. The first-order valence-electron chi connectivity index (χ1n) is 21.8. The second kappa shape index (κ2) is 41.0. The minimum atomic E-state index is -1.02. The van der Waals surface area contributed by atoms with Gasteiger partial charge < -0.3 is 20.9 Å². The zero-order valence-corrected chi connectivity index (χ0v) is 34.5. The van der Waals surface area contributed by atoms with Crippen LogP contribution in [-0.2, 0) is 19.1 Å². The molecule has 54 heavy (non-hydrogen) atoms. The zero-order chi connectivity index (χ0) is 39.6. The van der Waals surface area contributed by atoms with Gasteiger partial charge in [-0.3, -0.25) is 9.59 Å². The van der Waals surface area contributed by atoms with E-state index in [2.05, 4.69) is 86.0 Å². The molecule has 0 aromatic heterocycles. The van der Waals surface area contributed by atoms with Crippen LogP contribution in [0.2, 0.25) is 0 Å². The van der Waals surface area contributed by atoms with Crippen molar-refractivity contribution in [1.29, 1.82) is 0 Å². The van der Waals surface area contributed by atoms with E-state index < -0.39 is 12.0 Å². The average molecular weight is 753 g/mol. The summed E-state index contributed by atoms with van der Waals surface area (Å²) in [5.74, 6) is -1.39. The molecular formula is C47H80N2O5. The van der Waals surface area contributed by atoms with Crippen LogP contribution in [0, 0.1) is 0 Å². The van der Waals surface area contributed by atoms with E-state index in [9.17, 15) is 19.5 Å². The van der Waals surface area contributed by atoms with E-state index in [0.29, 0.717) is 38.6 Å². The number of carboxylic acid groups (broad SMARTS) is 1. The van der Waals surface area contributed by atoms with Gasteiger partial charge in [-0.05, 0) is 109 Å². The molecule has 0 aromatic carbocycles. The molecule has 4 N–H and O–H groups in total. The third-order valence-electron chi connectivity index (χ3n) is 9.24. The fourth-order valence-electron chi connectivity index (χ4n) is 5.98. The predicted molar refractivity (Wildman–Crippen MR) is 229 cm³/mol. The summed E-state index contributed by atoms with van der Waals surface area (Å²) in [7, 11) is 0. The largest absolute Gasteiger partial charge is 0.480 e. The first-order chi connectivity index (χ1) is 26.4. The van der Waals surface area contributed by atoms with Crippen molar-refractivity contribution in [2.24, 2.45) is 5.73 Å². The summed E-state index contributed by atoms with van der Waals surface area (Å²) in [6, 6.07) is -0.881. The molecule has 308 valence electrons. The highest BCUT2D eigenvalue weighted by atomic mass is 16.5. The highest BCUT2D eigenvalue weighted by molar-refractivity contribution is 5.83. The first kappa shape index (κ1) is 50.8. The van der Waals surface area contributed by atoms with E-state index in [0.717, 1.165) is 83.5 Å². The van der Waals surface area contributed by atoms with Gasteiger partial charge in [-0.2, -0.15) is 0 Å². The maximum absolute atomic E-state index is 12.7. The number of allylic oxidation sites excluding steroid dienone is 11. The highest BCUT2D eigenvalue weighted by Gasteiger charge is 2.19. The van der Waals surface area contributed by atoms with Gasteiger partial charge in [0.1, 0.15) is 12.1 Å². The van der Waals surface area contributed by atoms with Crippen molar-refractivity contribution in [1.82, 2.24) is 5.32 Å². The Labute approximate surface area is 331 Å². The number of hydrogen-bond acceptors (Lipinski definition) is 5. The maximum Gasteiger partial charge on any atom is 0.326 e. The van der Waals surface area contributed by atoms with E-state index in [1.54, 1.807) is 0 Å². The van der Waals surface area contributed by atoms with E-state index in [4.69, 9.17) is 10.5 Å². The Hall–Kier alpha value is -3.19. The number of ether oxygens (including phenoxy) is 1. The molecule has 0 fully saturated rings. The molecule has 2 atom stereocenters. The van der Waals surface area contributed by atoms with Crippen molar-refractivity contribution in [2.75, 3.05) is 6.54 Å². The lowest BCUT2D eigenvalue weighted by atomic mass is 10.1. The number of nitrogens with two attached hydrogens (primary N) is 1. The van der Waals surface area contributed by atoms with E-state index in [1.807, 2.05) is 6.08 Å². The van der Waals surface area contributed by atoms with Gasteiger partial charge >= 0.3 is 11.9 Å². The molecule has 0 heterocycles. The standard InChI is InChI=1S/C47H80N2O5/c1-3-5-7-9-11-13-14-15-16-17-18-19-20-21-22-23-24-25-27-29-35-41-46(51)54-43(37-32-28-26-12-10-8-6-4-2)38-33-30-31-34-40-45(50)49-44(47(52)53)39-36-42-48/h6,8,12,14-15,17-18,20-21,26,32,37,43-44H,3-5,7,9-11,13,16,19,22-25,27-31,33-36,38-42,48H2,1-2H3,(H,49,50)(H,52,53)/b8-6-,15-14-,18-17-,21-20-,26-12-,37-32-. The molecular weight excluding hydrogens is 673 g/mol. The number of aliphatic carboxylic acids is 1. The molecule has 0 rings (SSSR count). The molecule has 0 bridgehead atoms. The third kappa shape index (κ3) is 37.1. The number of carbonyl (C=O) groups is 3. The second-order valence-corrected chi connectivity index (χ2v) is 14.4. The van der Waals surface area contributed by atoms with Crippen LogP contribution in [0.5, 0.6) is 0 Å². The van der Waals surface area contributed by atoms with Gasteiger partial charge in [0, 0.05) is 12.8 Å². The number of unbranched alkanes of at least 4 members (excludes halogenated alkanes) is 14. The Bertz CT molecular complexity index is 1070. The molecule has 0 aliphatic rings. The fraction of sp³-hybridized carbons (Fsp3) is 0.681. The third-order valence-corrected chi connectivity index (χ3v) is 9.24. The van der Waals surface area contributed by atoms with Crippen LogP contribution in [-0.4, -0.2) is 41.6 Å². The van der Waals surface area contributed by atoms with Gasteiger partial charge in [0.05, 0.1) is 0 Å². The Morgan fingerprint density at radius 3 is 1.65 bits per heavy atom. The Balaban J connectivity index is 4.27.